The SMILES string of the molecule is Cc1cccc(S(=O)(=O)NCCc2cn(C)c3ncccc23)c1. The fourth-order valence-electron chi connectivity index (χ4n) is 2.68. The minimum absolute atomic E-state index is 0.303. The lowest BCUT2D eigenvalue weighted by molar-refractivity contribution is 0.581. The van der Waals surface area contributed by atoms with Crippen LogP contribution in [0.3, 0.4) is 0 Å². The molecule has 2 aromatic heterocycles. The zero-order valence-corrected chi connectivity index (χ0v) is 14.0. The number of hydrogen-bond donors (Lipinski definition) is 1. The molecule has 5 nitrogen and oxygen atoms in total. The first-order valence-corrected chi connectivity index (χ1v) is 8.91. The van der Waals surface area contributed by atoms with E-state index in [1.54, 1.807) is 24.4 Å². The van der Waals surface area contributed by atoms with E-state index in [0.29, 0.717) is 17.9 Å². The number of rotatable bonds is 5. The molecule has 1 N–H and O–H groups in total. The molecule has 0 aliphatic heterocycles. The van der Waals surface area contributed by atoms with Crippen LogP contribution in [0.2, 0.25) is 0 Å². The summed E-state index contributed by atoms with van der Waals surface area (Å²) in [7, 11) is -1.53. The Morgan fingerprint density at radius 1 is 1.22 bits per heavy atom. The van der Waals surface area contributed by atoms with Gasteiger partial charge < -0.3 is 4.57 Å². The van der Waals surface area contributed by atoms with Crippen LogP contribution in [0.1, 0.15) is 11.1 Å². The summed E-state index contributed by atoms with van der Waals surface area (Å²) in [6, 6.07) is 10.8. The molecule has 0 unspecified atom stereocenters. The number of aryl methyl sites for hydroxylation is 2. The minimum Gasteiger partial charge on any atom is -0.335 e. The van der Waals surface area contributed by atoms with Crippen molar-refractivity contribution in [1.29, 1.82) is 0 Å². The zero-order valence-electron chi connectivity index (χ0n) is 13.2. The van der Waals surface area contributed by atoms with Crippen molar-refractivity contribution in [1.82, 2.24) is 14.3 Å². The highest BCUT2D eigenvalue weighted by Crippen LogP contribution is 2.18. The summed E-state index contributed by atoms with van der Waals surface area (Å²) in [6.07, 6.45) is 4.37. The molecule has 0 fully saturated rings. The average molecular weight is 329 g/mol. The topological polar surface area (TPSA) is 64.0 Å². The van der Waals surface area contributed by atoms with Gasteiger partial charge in [0.2, 0.25) is 10.0 Å². The number of hydrogen-bond acceptors (Lipinski definition) is 3. The molecule has 0 aliphatic carbocycles. The Labute approximate surface area is 136 Å². The second-order valence-corrected chi connectivity index (χ2v) is 7.37. The van der Waals surface area contributed by atoms with Gasteiger partial charge >= 0.3 is 0 Å². The van der Waals surface area contributed by atoms with Crippen LogP contribution in [0.4, 0.5) is 0 Å². The fourth-order valence-corrected chi connectivity index (χ4v) is 3.81. The number of benzene rings is 1. The third-order valence-electron chi connectivity index (χ3n) is 3.80. The van der Waals surface area contributed by atoms with E-state index in [2.05, 4.69) is 9.71 Å². The molecule has 120 valence electrons. The predicted molar refractivity (Wildman–Crippen MR) is 90.8 cm³/mol. The molecule has 3 rings (SSSR count). The fraction of sp³-hybridized carbons (Fsp3) is 0.235. The Morgan fingerprint density at radius 2 is 2.04 bits per heavy atom. The van der Waals surface area contributed by atoms with Crippen LogP contribution in [0.5, 0.6) is 0 Å². The highest BCUT2D eigenvalue weighted by Gasteiger charge is 2.14. The van der Waals surface area contributed by atoms with Gasteiger partial charge in [-0.05, 0) is 48.7 Å². The quantitative estimate of drug-likeness (QED) is 0.782. The van der Waals surface area contributed by atoms with Crippen LogP contribution in [-0.2, 0) is 23.5 Å². The van der Waals surface area contributed by atoms with E-state index in [9.17, 15) is 8.42 Å². The third kappa shape index (κ3) is 3.28. The van der Waals surface area contributed by atoms with E-state index in [4.69, 9.17) is 0 Å². The summed E-state index contributed by atoms with van der Waals surface area (Å²) in [5.41, 5.74) is 2.92. The highest BCUT2D eigenvalue weighted by atomic mass is 32.2. The smallest absolute Gasteiger partial charge is 0.240 e. The number of fused-ring (bicyclic) bond motifs is 1. The Hall–Kier alpha value is -2.18. The zero-order chi connectivity index (χ0) is 16.4. The molecular formula is C17H19N3O2S. The van der Waals surface area contributed by atoms with Crippen molar-refractivity contribution in [3.05, 3.63) is 59.9 Å². The number of aromatic nitrogens is 2. The Kier molecular flexibility index (Phi) is 4.19. The third-order valence-corrected chi connectivity index (χ3v) is 5.26. The molecule has 0 spiro atoms. The standard InChI is InChI=1S/C17H19N3O2S/c1-13-5-3-6-15(11-13)23(21,22)19-10-8-14-12-20(2)17-16(14)7-4-9-18-17/h3-7,9,11-12,19H,8,10H2,1-2H3. The molecule has 0 amide bonds. The molecule has 3 aromatic rings. The van der Waals surface area contributed by atoms with E-state index in [1.807, 2.05) is 42.9 Å². The lowest BCUT2D eigenvalue weighted by Crippen LogP contribution is -2.26. The number of pyridine rings is 1. The van der Waals surface area contributed by atoms with Gasteiger partial charge in [0.05, 0.1) is 4.90 Å². The summed E-state index contributed by atoms with van der Waals surface area (Å²) in [5.74, 6) is 0. The van der Waals surface area contributed by atoms with Gasteiger partial charge in [-0.25, -0.2) is 18.1 Å². The van der Waals surface area contributed by atoms with Crippen LogP contribution in [0, 0.1) is 6.92 Å². The summed E-state index contributed by atoms with van der Waals surface area (Å²) >= 11 is 0. The maximum absolute atomic E-state index is 12.3. The molecule has 0 saturated heterocycles. The van der Waals surface area contributed by atoms with Gasteiger partial charge in [0.15, 0.2) is 0 Å². The molecule has 0 bridgehead atoms. The van der Waals surface area contributed by atoms with E-state index < -0.39 is 10.0 Å². The first kappa shape index (κ1) is 15.7. The van der Waals surface area contributed by atoms with Crippen molar-refractivity contribution >= 4 is 21.1 Å². The van der Waals surface area contributed by atoms with Crippen molar-refractivity contribution in [2.24, 2.45) is 7.05 Å². The molecule has 0 aliphatic rings. The Morgan fingerprint density at radius 3 is 2.83 bits per heavy atom. The van der Waals surface area contributed by atoms with Gasteiger partial charge in [-0.3, -0.25) is 0 Å². The van der Waals surface area contributed by atoms with E-state index in [0.717, 1.165) is 22.2 Å². The highest BCUT2D eigenvalue weighted by molar-refractivity contribution is 7.89. The number of sulfonamides is 1. The van der Waals surface area contributed by atoms with Crippen LogP contribution < -0.4 is 4.72 Å². The first-order valence-electron chi connectivity index (χ1n) is 7.42. The monoisotopic (exact) mass is 329 g/mol. The summed E-state index contributed by atoms with van der Waals surface area (Å²) in [4.78, 5) is 4.64. The van der Waals surface area contributed by atoms with Crippen molar-refractivity contribution in [3.8, 4) is 0 Å². The lowest BCUT2D eigenvalue weighted by Gasteiger charge is -2.07. The second-order valence-electron chi connectivity index (χ2n) is 5.60. The Bertz CT molecular complexity index is 945. The van der Waals surface area contributed by atoms with E-state index in [-0.39, 0.29) is 0 Å². The van der Waals surface area contributed by atoms with Crippen molar-refractivity contribution in [3.63, 3.8) is 0 Å². The molecule has 2 heterocycles. The maximum atomic E-state index is 12.3. The van der Waals surface area contributed by atoms with Crippen molar-refractivity contribution < 1.29 is 8.42 Å². The van der Waals surface area contributed by atoms with E-state index >= 15 is 0 Å². The van der Waals surface area contributed by atoms with Gasteiger partial charge in [-0.15, -0.1) is 0 Å². The van der Waals surface area contributed by atoms with Gasteiger partial charge in [0, 0.05) is 31.4 Å². The van der Waals surface area contributed by atoms with Gasteiger partial charge in [0.1, 0.15) is 5.65 Å². The Balaban J connectivity index is 1.74. The second kappa shape index (κ2) is 6.14. The average Bonchev–Trinajstić information content (AvgIpc) is 2.84. The number of nitrogens with one attached hydrogen (secondary N) is 1. The molecule has 0 saturated carbocycles. The van der Waals surface area contributed by atoms with Crippen LogP contribution in [0.15, 0.2) is 53.7 Å². The summed E-state index contributed by atoms with van der Waals surface area (Å²) in [5, 5.41) is 1.06. The molecular weight excluding hydrogens is 310 g/mol. The summed E-state index contributed by atoms with van der Waals surface area (Å²) < 4.78 is 29.3. The molecule has 0 radical (unpaired) electrons. The largest absolute Gasteiger partial charge is 0.335 e. The predicted octanol–water partition coefficient (Wildman–Crippen LogP) is 2.40. The lowest BCUT2D eigenvalue weighted by atomic mass is 10.2. The first-order chi connectivity index (χ1) is 11.0. The van der Waals surface area contributed by atoms with Crippen molar-refractivity contribution in [2.45, 2.75) is 18.2 Å². The van der Waals surface area contributed by atoms with Gasteiger partial charge in [-0.1, -0.05) is 12.1 Å². The van der Waals surface area contributed by atoms with Crippen LogP contribution in [0.25, 0.3) is 11.0 Å². The molecule has 1 aromatic carbocycles. The maximum Gasteiger partial charge on any atom is 0.240 e. The molecule has 0 atom stereocenters. The van der Waals surface area contributed by atoms with Crippen LogP contribution in [-0.4, -0.2) is 24.5 Å². The van der Waals surface area contributed by atoms with Crippen molar-refractivity contribution in [2.75, 3.05) is 6.54 Å². The normalized spacial score (nSPS) is 11.9. The van der Waals surface area contributed by atoms with E-state index in [1.165, 1.54) is 0 Å². The molecule has 6 heteroatoms. The molecule has 23 heavy (non-hydrogen) atoms. The summed E-state index contributed by atoms with van der Waals surface area (Å²) in [6.45, 7) is 2.23. The number of nitrogens with zero attached hydrogens (tertiary/aromatic N) is 2. The van der Waals surface area contributed by atoms with Gasteiger partial charge in [-0.2, -0.15) is 0 Å². The van der Waals surface area contributed by atoms with Gasteiger partial charge in [0.25, 0.3) is 0 Å². The van der Waals surface area contributed by atoms with Crippen LogP contribution >= 0.6 is 0 Å². The minimum atomic E-state index is -3.47.